The van der Waals surface area contributed by atoms with Crippen molar-refractivity contribution in [2.75, 3.05) is 19.4 Å². The van der Waals surface area contributed by atoms with Crippen molar-refractivity contribution < 1.29 is 9.84 Å². The molecule has 1 rings (SSSR count). The number of rotatable bonds is 5. The van der Waals surface area contributed by atoms with Gasteiger partial charge in [0.2, 0.25) is 0 Å². The van der Waals surface area contributed by atoms with Gasteiger partial charge in [0.25, 0.3) is 0 Å². The van der Waals surface area contributed by atoms with Crippen LogP contribution < -0.4 is 10.5 Å². The zero-order valence-corrected chi connectivity index (χ0v) is 8.96. The average molecular weight is 213 g/mol. The van der Waals surface area contributed by atoms with E-state index in [4.69, 9.17) is 10.5 Å². The number of ether oxygens (including phenoxy) is 1. The van der Waals surface area contributed by atoms with Gasteiger partial charge in [-0.05, 0) is 18.2 Å². The van der Waals surface area contributed by atoms with E-state index < -0.39 is 6.10 Å². The van der Waals surface area contributed by atoms with Crippen molar-refractivity contribution in [2.45, 2.75) is 11.0 Å². The lowest BCUT2D eigenvalue weighted by molar-refractivity contribution is 0.208. The zero-order valence-electron chi connectivity index (χ0n) is 8.14. The van der Waals surface area contributed by atoms with E-state index in [0.29, 0.717) is 12.3 Å². The van der Waals surface area contributed by atoms with Crippen LogP contribution in [0.4, 0.5) is 0 Å². The Morgan fingerprint density at radius 2 is 2.36 bits per heavy atom. The molecular weight excluding hydrogens is 198 g/mol. The molecule has 0 amide bonds. The normalized spacial score (nSPS) is 12.5. The molecule has 14 heavy (non-hydrogen) atoms. The second-order valence-electron chi connectivity index (χ2n) is 2.88. The van der Waals surface area contributed by atoms with Crippen LogP contribution in [0.15, 0.2) is 29.2 Å². The topological polar surface area (TPSA) is 55.5 Å². The minimum atomic E-state index is -0.439. The Labute approximate surface area is 88.3 Å². The third-order valence-corrected chi connectivity index (χ3v) is 2.89. The van der Waals surface area contributed by atoms with E-state index in [9.17, 15) is 5.11 Å². The molecule has 0 bridgehead atoms. The van der Waals surface area contributed by atoms with E-state index >= 15 is 0 Å². The first-order valence-corrected chi connectivity index (χ1v) is 5.40. The molecule has 0 aliphatic heterocycles. The van der Waals surface area contributed by atoms with Crippen molar-refractivity contribution in [3.63, 3.8) is 0 Å². The van der Waals surface area contributed by atoms with Crippen molar-refractivity contribution in [3.8, 4) is 5.75 Å². The van der Waals surface area contributed by atoms with E-state index in [1.807, 2.05) is 24.3 Å². The van der Waals surface area contributed by atoms with Crippen molar-refractivity contribution in [1.82, 2.24) is 0 Å². The Bertz CT molecular complexity index is 281. The highest BCUT2D eigenvalue weighted by Crippen LogP contribution is 2.23. The van der Waals surface area contributed by atoms with Gasteiger partial charge in [0.1, 0.15) is 5.75 Å². The standard InChI is InChI=1S/C10H15NO2S/c1-13-9-3-2-4-10(5-9)14-7-8(12)6-11/h2-5,8,12H,6-7,11H2,1H3. The van der Waals surface area contributed by atoms with Gasteiger partial charge in [0.15, 0.2) is 0 Å². The van der Waals surface area contributed by atoms with Crippen LogP contribution >= 0.6 is 11.8 Å². The molecule has 0 saturated heterocycles. The molecule has 0 fully saturated rings. The third-order valence-electron chi connectivity index (χ3n) is 1.76. The van der Waals surface area contributed by atoms with Crippen molar-refractivity contribution in [1.29, 1.82) is 0 Å². The van der Waals surface area contributed by atoms with Crippen LogP contribution in [0.25, 0.3) is 0 Å². The minimum Gasteiger partial charge on any atom is -0.497 e. The molecular formula is C10H15NO2S. The number of nitrogens with two attached hydrogens (primary N) is 1. The van der Waals surface area contributed by atoms with Gasteiger partial charge in [-0.25, -0.2) is 0 Å². The van der Waals surface area contributed by atoms with Gasteiger partial charge in [0, 0.05) is 17.2 Å². The minimum absolute atomic E-state index is 0.303. The lowest BCUT2D eigenvalue weighted by atomic mass is 10.3. The van der Waals surface area contributed by atoms with Crippen LogP contribution in [0.5, 0.6) is 5.75 Å². The van der Waals surface area contributed by atoms with E-state index in [0.717, 1.165) is 10.6 Å². The van der Waals surface area contributed by atoms with E-state index in [1.165, 1.54) is 0 Å². The van der Waals surface area contributed by atoms with Crippen LogP contribution in [0.1, 0.15) is 0 Å². The highest BCUT2D eigenvalue weighted by atomic mass is 32.2. The number of hydrogen-bond acceptors (Lipinski definition) is 4. The molecule has 0 aliphatic carbocycles. The zero-order chi connectivity index (χ0) is 10.4. The summed E-state index contributed by atoms with van der Waals surface area (Å²) in [5.74, 6) is 1.45. The molecule has 1 aromatic carbocycles. The second kappa shape index (κ2) is 5.90. The Hall–Kier alpha value is -0.710. The van der Waals surface area contributed by atoms with Crippen LogP contribution in [-0.4, -0.2) is 30.6 Å². The summed E-state index contributed by atoms with van der Waals surface area (Å²) in [5.41, 5.74) is 5.30. The van der Waals surface area contributed by atoms with Gasteiger partial charge >= 0.3 is 0 Å². The fourth-order valence-electron chi connectivity index (χ4n) is 0.951. The molecule has 1 unspecified atom stereocenters. The Morgan fingerprint density at radius 1 is 1.57 bits per heavy atom. The summed E-state index contributed by atoms with van der Waals surface area (Å²) in [4.78, 5) is 1.08. The van der Waals surface area contributed by atoms with Gasteiger partial charge in [0.05, 0.1) is 13.2 Å². The predicted molar refractivity (Wildman–Crippen MR) is 58.8 cm³/mol. The summed E-state index contributed by atoms with van der Waals surface area (Å²) in [6, 6.07) is 7.74. The van der Waals surface area contributed by atoms with E-state index in [2.05, 4.69) is 0 Å². The molecule has 1 atom stereocenters. The lowest BCUT2D eigenvalue weighted by Gasteiger charge is -2.07. The third kappa shape index (κ3) is 3.57. The molecule has 4 heteroatoms. The average Bonchev–Trinajstić information content (AvgIpc) is 2.26. The molecule has 0 heterocycles. The molecule has 0 saturated carbocycles. The molecule has 0 radical (unpaired) electrons. The smallest absolute Gasteiger partial charge is 0.119 e. The van der Waals surface area contributed by atoms with Crippen LogP contribution in [-0.2, 0) is 0 Å². The Kier molecular flexibility index (Phi) is 4.79. The summed E-state index contributed by atoms with van der Waals surface area (Å²) in [5, 5.41) is 9.27. The number of methoxy groups -OCH3 is 1. The second-order valence-corrected chi connectivity index (χ2v) is 3.97. The molecule has 78 valence electrons. The van der Waals surface area contributed by atoms with Gasteiger partial charge in [-0.15, -0.1) is 11.8 Å². The molecule has 0 spiro atoms. The number of thioether (sulfide) groups is 1. The Balaban J connectivity index is 2.50. The maximum absolute atomic E-state index is 9.27. The largest absolute Gasteiger partial charge is 0.497 e. The summed E-state index contributed by atoms with van der Waals surface area (Å²) in [7, 11) is 1.64. The van der Waals surface area contributed by atoms with Crippen molar-refractivity contribution in [2.24, 2.45) is 5.73 Å². The highest BCUT2D eigenvalue weighted by molar-refractivity contribution is 7.99. The lowest BCUT2D eigenvalue weighted by Crippen LogP contribution is -2.21. The summed E-state index contributed by atoms with van der Waals surface area (Å²) >= 11 is 1.57. The van der Waals surface area contributed by atoms with Gasteiger partial charge in [-0.2, -0.15) is 0 Å². The number of benzene rings is 1. The molecule has 3 N–H and O–H groups in total. The summed E-state index contributed by atoms with van der Waals surface area (Å²) in [6.45, 7) is 0.303. The van der Waals surface area contributed by atoms with Gasteiger partial charge in [-0.1, -0.05) is 6.07 Å². The van der Waals surface area contributed by atoms with Crippen molar-refractivity contribution in [3.05, 3.63) is 24.3 Å². The van der Waals surface area contributed by atoms with Gasteiger partial charge < -0.3 is 15.6 Å². The molecule has 0 aromatic heterocycles. The summed E-state index contributed by atoms with van der Waals surface area (Å²) in [6.07, 6.45) is -0.439. The SMILES string of the molecule is COc1cccc(SCC(O)CN)c1. The monoisotopic (exact) mass is 213 g/mol. The highest BCUT2D eigenvalue weighted by Gasteiger charge is 2.02. The van der Waals surface area contributed by atoms with Crippen LogP contribution in [0, 0.1) is 0 Å². The van der Waals surface area contributed by atoms with E-state index in [1.54, 1.807) is 18.9 Å². The van der Waals surface area contributed by atoms with Crippen LogP contribution in [0.2, 0.25) is 0 Å². The first-order chi connectivity index (χ1) is 6.76. The number of hydrogen-bond donors (Lipinski definition) is 2. The maximum atomic E-state index is 9.27. The summed E-state index contributed by atoms with van der Waals surface area (Å²) < 4.78 is 5.09. The number of aliphatic hydroxyl groups excluding tert-OH is 1. The van der Waals surface area contributed by atoms with Crippen LogP contribution in [0.3, 0.4) is 0 Å². The predicted octanol–water partition coefficient (Wildman–Crippen LogP) is 1.11. The first-order valence-electron chi connectivity index (χ1n) is 4.41. The molecule has 1 aromatic rings. The fraction of sp³-hybridized carbons (Fsp3) is 0.400. The molecule has 0 aliphatic rings. The Morgan fingerprint density at radius 3 is 3.00 bits per heavy atom. The first kappa shape index (κ1) is 11.4. The van der Waals surface area contributed by atoms with E-state index in [-0.39, 0.29) is 0 Å². The van der Waals surface area contributed by atoms with Crippen molar-refractivity contribution >= 4 is 11.8 Å². The maximum Gasteiger partial charge on any atom is 0.119 e. The molecule has 3 nitrogen and oxygen atoms in total. The quantitative estimate of drug-likeness (QED) is 0.719. The van der Waals surface area contributed by atoms with Gasteiger partial charge in [-0.3, -0.25) is 0 Å². The fourth-order valence-corrected chi connectivity index (χ4v) is 1.85. The number of aliphatic hydroxyl groups is 1.